The van der Waals surface area contributed by atoms with E-state index in [9.17, 15) is 4.79 Å². The summed E-state index contributed by atoms with van der Waals surface area (Å²) in [5.74, 6) is 1.63. The lowest BCUT2D eigenvalue weighted by Crippen LogP contribution is -2.58. The zero-order valence-corrected chi connectivity index (χ0v) is 16.7. The van der Waals surface area contributed by atoms with Crippen LogP contribution in [0.2, 0.25) is 0 Å². The highest BCUT2D eigenvalue weighted by molar-refractivity contribution is 5.86. The summed E-state index contributed by atoms with van der Waals surface area (Å²) < 4.78 is 16.6. The zero-order chi connectivity index (χ0) is 17.0. The van der Waals surface area contributed by atoms with Crippen LogP contribution in [0.15, 0.2) is 16.5 Å². The van der Waals surface area contributed by atoms with Crippen molar-refractivity contribution in [2.75, 3.05) is 46.1 Å². The number of aryl methyl sites for hydroxylation is 1. The summed E-state index contributed by atoms with van der Waals surface area (Å²) in [7, 11) is 0. The number of halogens is 2. The molecule has 1 aromatic rings. The van der Waals surface area contributed by atoms with Crippen molar-refractivity contribution in [1.29, 1.82) is 0 Å². The fraction of sp³-hybridized carbons (Fsp3) is 0.706. The molecule has 2 aliphatic rings. The van der Waals surface area contributed by atoms with E-state index in [0.29, 0.717) is 45.8 Å². The molecular weight excluding hydrogens is 381 g/mol. The molecule has 2 aliphatic heterocycles. The smallest absolute Gasteiger partial charge is 0.240 e. The van der Waals surface area contributed by atoms with Gasteiger partial charge in [-0.05, 0) is 31.9 Å². The van der Waals surface area contributed by atoms with Crippen molar-refractivity contribution in [3.63, 3.8) is 0 Å². The Morgan fingerprint density at radius 1 is 1.19 bits per heavy atom. The molecule has 0 spiro atoms. The van der Waals surface area contributed by atoms with E-state index in [0.717, 1.165) is 24.6 Å². The first-order valence-corrected chi connectivity index (χ1v) is 8.61. The second-order valence-corrected chi connectivity index (χ2v) is 6.59. The predicted molar refractivity (Wildman–Crippen MR) is 103 cm³/mol. The number of carbonyl (C=O) groups excluding carboxylic acids is 1. The minimum absolute atomic E-state index is 0. The van der Waals surface area contributed by atoms with Crippen LogP contribution in [-0.2, 0) is 14.3 Å². The van der Waals surface area contributed by atoms with Gasteiger partial charge in [0, 0.05) is 32.8 Å². The second-order valence-electron chi connectivity index (χ2n) is 6.59. The van der Waals surface area contributed by atoms with E-state index < -0.39 is 5.54 Å². The molecule has 0 aromatic carbocycles. The summed E-state index contributed by atoms with van der Waals surface area (Å²) in [6.45, 7) is 6.51. The van der Waals surface area contributed by atoms with Gasteiger partial charge in [-0.1, -0.05) is 0 Å². The van der Waals surface area contributed by atoms with Crippen molar-refractivity contribution in [3.8, 4) is 0 Å². The fourth-order valence-corrected chi connectivity index (χ4v) is 3.26. The molecule has 150 valence electrons. The normalized spacial score (nSPS) is 21.2. The molecule has 0 bridgehead atoms. The summed E-state index contributed by atoms with van der Waals surface area (Å²) in [6, 6.07) is 3.93. The standard InChI is InChI=1S/C17H27N3O4.2ClH/c1-13-2-3-15(24-13)14(20-6-10-23-11-7-20)12-19-16(21)17(18)4-8-22-9-5-17;;/h2-3,14H,4-12,18H2,1H3,(H,19,21);2*1H. The minimum atomic E-state index is -0.826. The highest BCUT2D eigenvalue weighted by Gasteiger charge is 2.36. The number of nitrogens with zero attached hydrogens (tertiary/aromatic N) is 1. The van der Waals surface area contributed by atoms with Crippen molar-refractivity contribution >= 4 is 30.7 Å². The number of hydrogen-bond donors (Lipinski definition) is 2. The molecule has 3 heterocycles. The van der Waals surface area contributed by atoms with Crippen LogP contribution in [0.25, 0.3) is 0 Å². The number of hydrogen-bond acceptors (Lipinski definition) is 6. The van der Waals surface area contributed by atoms with Gasteiger partial charge < -0.3 is 24.9 Å². The maximum absolute atomic E-state index is 12.6. The highest BCUT2D eigenvalue weighted by Crippen LogP contribution is 2.24. The number of furan rings is 1. The third-order valence-corrected chi connectivity index (χ3v) is 4.87. The molecule has 0 aliphatic carbocycles. The Morgan fingerprint density at radius 3 is 2.38 bits per heavy atom. The Kier molecular flexibility index (Phi) is 9.36. The Morgan fingerprint density at radius 2 is 1.81 bits per heavy atom. The number of morpholine rings is 1. The van der Waals surface area contributed by atoms with Gasteiger partial charge in [0.15, 0.2) is 0 Å². The maximum atomic E-state index is 12.6. The number of amides is 1. The van der Waals surface area contributed by atoms with Gasteiger partial charge in [-0.25, -0.2) is 0 Å². The Balaban J connectivity index is 0.00000169. The van der Waals surface area contributed by atoms with Crippen LogP contribution in [-0.4, -0.2) is 62.4 Å². The molecule has 3 rings (SSSR count). The topological polar surface area (TPSA) is 90.0 Å². The van der Waals surface area contributed by atoms with Crippen molar-refractivity contribution in [3.05, 3.63) is 23.7 Å². The molecule has 1 amide bonds. The van der Waals surface area contributed by atoms with E-state index >= 15 is 0 Å². The summed E-state index contributed by atoms with van der Waals surface area (Å²) in [5, 5.41) is 3.04. The lowest BCUT2D eigenvalue weighted by molar-refractivity contribution is -0.130. The molecule has 9 heteroatoms. The molecule has 1 aromatic heterocycles. The summed E-state index contributed by atoms with van der Waals surface area (Å²) in [6.07, 6.45) is 1.11. The lowest BCUT2D eigenvalue weighted by atomic mass is 9.90. The van der Waals surface area contributed by atoms with Crippen LogP contribution in [0, 0.1) is 6.92 Å². The van der Waals surface area contributed by atoms with Crippen LogP contribution in [0.1, 0.15) is 30.4 Å². The van der Waals surface area contributed by atoms with Crippen molar-refractivity contribution in [2.24, 2.45) is 5.73 Å². The average Bonchev–Trinajstić information content (AvgIpc) is 3.03. The van der Waals surface area contributed by atoms with E-state index in [4.69, 9.17) is 19.6 Å². The monoisotopic (exact) mass is 409 g/mol. The minimum Gasteiger partial charge on any atom is -0.465 e. The van der Waals surface area contributed by atoms with Crippen molar-refractivity contribution in [1.82, 2.24) is 10.2 Å². The van der Waals surface area contributed by atoms with Gasteiger partial charge in [-0.15, -0.1) is 24.8 Å². The van der Waals surface area contributed by atoms with E-state index in [1.165, 1.54) is 0 Å². The van der Waals surface area contributed by atoms with E-state index in [2.05, 4.69) is 10.2 Å². The molecule has 3 N–H and O–H groups in total. The summed E-state index contributed by atoms with van der Waals surface area (Å²) in [4.78, 5) is 14.9. The molecule has 2 fully saturated rings. The Bertz CT molecular complexity index is 558. The number of ether oxygens (including phenoxy) is 2. The number of rotatable bonds is 5. The highest BCUT2D eigenvalue weighted by atomic mass is 35.5. The first-order chi connectivity index (χ1) is 11.6. The second kappa shape index (κ2) is 10.5. The molecule has 26 heavy (non-hydrogen) atoms. The first-order valence-electron chi connectivity index (χ1n) is 8.61. The average molecular weight is 410 g/mol. The van der Waals surface area contributed by atoms with Crippen LogP contribution >= 0.6 is 24.8 Å². The maximum Gasteiger partial charge on any atom is 0.240 e. The van der Waals surface area contributed by atoms with Crippen molar-refractivity contribution < 1.29 is 18.7 Å². The Labute approximate surface area is 166 Å². The van der Waals surface area contributed by atoms with Crippen molar-refractivity contribution in [2.45, 2.75) is 31.3 Å². The number of nitrogens with one attached hydrogen (secondary N) is 1. The van der Waals surface area contributed by atoms with Gasteiger partial charge in [0.25, 0.3) is 0 Å². The SMILES string of the molecule is Cc1ccc(C(CNC(=O)C2(N)CCOCC2)N2CCOCC2)o1.Cl.Cl. The third kappa shape index (κ3) is 5.58. The fourth-order valence-electron chi connectivity index (χ4n) is 3.26. The van der Waals surface area contributed by atoms with Crippen LogP contribution in [0.4, 0.5) is 0 Å². The molecule has 1 atom stereocenters. The van der Waals surface area contributed by atoms with Gasteiger partial charge in [-0.3, -0.25) is 9.69 Å². The summed E-state index contributed by atoms with van der Waals surface area (Å²) in [5.41, 5.74) is 5.43. The lowest BCUT2D eigenvalue weighted by Gasteiger charge is -2.35. The quantitative estimate of drug-likeness (QED) is 0.764. The van der Waals surface area contributed by atoms with E-state index in [-0.39, 0.29) is 36.8 Å². The number of nitrogens with two attached hydrogens (primary N) is 1. The van der Waals surface area contributed by atoms with Gasteiger partial charge in [0.2, 0.25) is 5.91 Å². The van der Waals surface area contributed by atoms with Gasteiger partial charge >= 0.3 is 0 Å². The molecular formula is C17H29Cl2N3O4. The number of carbonyl (C=O) groups is 1. The third-order valence-electron chi connectivity index (χ3n) is 4.87. The summed E-state index contributed by atoms with van der Waals surface area (Å²) >= 11 is 0. The van der Waals surface area contributed by atoms with Crippen LogP contribution < -0.4 is 11.1 Å². The van der Waals surface area contributed by atoms with Crippen LogP contribution in [0.5, 0.6) is 0 Å². The predicted octanol–water partition coefficient (Wildman–Crippen LogP) is 1.43. The van der Waals surface area contributed by atoms with Gasteiger partial charge in [-0.2, -0.15) is 0 Å². The molecule has 2 saturated heterocycles. The molecule has 0 saturated carbocycles. The van der Waals surface area contributed by atoms with Crippen LogP contribution in [0.3, 0.4) is 0 Å². The largest absolute Gasteiger partial charge is 0.465 e. The molecule has 7 nitrogen and oxygen atoms in total. The Hall–Kier alpha value is -0.830. The van der Waals surface area contributed by atoms with Gasteiger partial charge in [0.05, 0.1) is 24.8 Å². The molecule has 0 radical (unpaired) electrons. The molecule has 1 unspecified atom stereocenters. The first kappa shape index (κ1) is 23.2. The zero-order valence-electron chi connectivity index (χ0n) is 15.1. The van der Waals surface area contributed by atoms with Gasteiger partial charge in [0.1, 0.15) is 11.5 Å². The van der Waals surface area contributed by atoms with E-state index in [1.54, 1.807) is 0 Å². The van der Waals surface area contributed by atoms with E-state index in [1.807, 2.05) is 19.1 Å².